The van der Waals surface area contributed by atoms with Gasteiger partial charge < -0.3 is 11.5 Å². The molecule has 0 aromatic heterocycles. The average molecular weight is 304 g/mol. The van der Waals surface area contributed by atoms with Crippen molar-refractivity contribution in [1.29, 1.82) is 0 Å². The molecule has 1 aromatic carbocycles. The predicted octanol–water partition coefficient (Wildman–Crippen LogP) is 4.32. The van der Waals surface area contributed by atoms with E-state index in [1.54, 1.807) is 0 Å². The molecule has 0 amide bonds. The number of rotatable bonds is 2. The molecule has 0 aliphatic carbocycles. The van der Waals surface area contributed by atoms with Crippen molar-refractivity contribution in [3.63, 3.8) is 0 Å². The molecule has 2 nitrogen and oxygen atoms in total. The molecule has 0 fully saturated rings. The van der Waals surface area contributed by atoms with Crippen LogP contribution < -0.4 is 11.5 Å². The lowest BCUT2D eigenvalue weighted by atomic mass is 9.82. The molecule has 122 valence electrons. The molecule has 0 unspecified atom stereocenters. The first-order valence-electron chi connectivity index (χ1n) is 6.90. The van der Waals surface area contributed by atoms with E-state index in [2.05, 4.69) is 34.6 Å². The Labute approximate surface area is 125 Å². The fraction of sp³-hybridized carbons (Fsp3) is 0.625. The summed E-state index contributed by atoms with van der Waals surface area (Å²) in [6, 6.07) is 4.82. The topological polar surface area (TPSA) is 52.0 Å². The summed E-state index contributed by atoms with van der Waals surface area (Å²) < 4.78 is 36.0. The summed E-state index contributed by atoms with van der Waals surface area (Å²) in [5.74, 6) is 0. The van der Waals surface area contributed by atoms with E-state index in [1.165, 1.54) is 12.1 Å². The molecule has 0 aliphatic rings. The van der Waals surface area contributed by atoms with Gasteiger partial charge >= 0.3 is 6.18 Å². The molecule has 0 spiro atoms. The molecular weight excluding hydrogens is 277 g/mol. The van der Waals surface area contributed by atoms with E-state index in [1.807, 2.05) is 0 Å². The number of alkyl halides is 3. The van der Waals surface area contributed by atoms with Crippen LogP contribution in [0, 0.1) is 5.41 Å². The highest BCUT2D eigenvalue weighted by Crippen LogP contribution is 2.29. The summed E-state index contributed by atoms with van der Waals surface area (Å²) in [4.78, 5) is 0. The van der Waals surface area contributed by atoms with Gasteiger partial charge in [-0.3, -0.25) is 0 Å². The lowest BCUT2D eigenvalue weighted by Gasteiger charge is -2.28. The van der Waals surface area contributed by atoms with E-state index in [9.17, 15) is 13.2 Å². The van der Waals surface area contributed by atoms with Crippen molar-refractivity contribution >= 4 is 0 Å². The molecule has 0 atom stereocenters. The fourth-order valence-electron chi connectivity index (χ4n) is 2.20. The molecule has 1 rings (SSSR count). The maximum absolute atomic E-state index is 12.0. The zero-order valence-electron chi connectivity index (χ0n) is 13.5. The van der Waals surface area contributed by atoms with Gasteiger partial charge in [-0.2, -0.15) is 13.2 Å². The van der Waals surface area contributed by atoms with Crippen LogP contribution in [0.15, 0.2) is 24.3 Å². The SMILES string of the molecule is CC(C)(C)CC(C)(C)N.NCc1ccc(C(F)(F)F)cc1. The smallest absolute Gasteiger partial charge is 0.326 e. The van der Waals surface area contributed by atoms with Crippen LogP contribution in [0.25, 0.3) is 0 Å². The number of nitrogens with two attached hydrogens (primary N) is 2. The van der Waals surface area contributed by atoms with Crippen LogP contribution in [-0.2, 0) is 12.7 Å². The molecule has 21 heavy (non-hydrogen) atoms. The van der Waals surface area contributed by atoms with Crippen molar-refractivity contribution < 1.29 is 13.2 Å². The first-order chi connectivity index (χ1) is 9.24. The van der Waals surface area contributed by atoms with E-state index < -0.39 is 11.7 Å². The minimum absolute atomic E-state index is 0.0156. The van der Waals surface area contributed by atoms with Crippen LogP contribution in [0.5, 0.6) is 0 Å². The molecule has 0 heterocycles. The van der Waals surface area contributed by atoms with Gasteiger partial charge in [0.15, 0.2) is 0 Å². The minimum atomic E-state index is -4.26. The third-order valence-corrected chi connectivity index (χ3v) is 2.50. The maximum atomic E-state index is 12.0. The summed E-state index contributed by atoms with van der Waals surface area (Å²) in [5, 5.41) is 0. The third-order valence-electron chi connectivity index (χ3n) is 2.50. The normalized spacial score (nSPS) is 12.7. The third kappa shape index (κ3) is 10.3. The van der Waals surface area contributed by atoms with E-state index in [0.29, 0.717) is 11.0 Å². The first kappa shape index (κ1) is 19.9. The zero-order valence-corrected chi connectivity index (χ0v) is 13.5. The second-order valence-corrected chi connectivity index (χ2v) is 7.12. The van der Waals surface area contributed by atoms with Crippen LogP contribution >= 0.6 is 0 Å². The van der Waals surface area contributed by atoms with Gasteiger partial charge in [0, 0.05) is 12.1 Å². The second-order valence-electron chi connectivity index (χ2n) is 7.12. The highest BCUT2D eigenvalue weighted by Gasteiger charge is 2.29. The van der Waals surface area contributed by atoms with E-state index in [4.69, 9.17) is 11.5 Å². The Balaban J connectivity index is 0.000000400. The molecule has 0 aliphatic heterocycles. The first-order valence-corrected chi connectivity index (χ1v) is 6.90. The molecule has 4 N–H and O–H groups in total. The van der Waals surface area contributed by atoms with Gasteiger partial charge in [0.25, 0.3) is 0 Å². The Kier molecular flexibility index (Phi) is 6.90. The van der Waals surface area contributed by atoms with Crippen LogP contribution in [0.4, 0.5) is 13.2 Å². The minimum Gasteiger partial charge on any atom is -0.326 e. The molecule has 0 bridgehead atoms. The lowest BCUT2D eigenvalue weighted by Crippen LogP contribution is -2.36. The second kappa shape index (κ2) is 7.27. The van der Waals surface area contributed by atoms with Gasteiger partial charge in [0.1, 0.15) is 0 Å². The molecule has 0 saturated heterocycles. The molecular formula is C16H27F3N2. The van der Waals surface area contributed by atoms with Crippen molar-refractivity contribution in [2.24, 2.45) is 16.9 Å². The summed E-state index contributed by atoms with van der Waals surface area (Å²) in [7, 11) is 0. The van der Waals surface area contributed by atoms with E-state index >= 15 is 0 Å². The average Bonchev–Trinajstić information content (AvgIpc) is 2.24. The molecule has 0 saturated carbocycles. The summed E-state index contributed by atoms with van der Waals surface area (Å²) >= 11 is 0. The number of halogens is 3. The van der Waals surface area contributed by atoms with Crippen molar-refractivity contribution in [2.75, 3.05) is 0 Å². The van der Waals surface area contributed by atoms with Crippen molar-refractivity contribution in [2.45, 2.75) is 59.3 Å². The van der Waals surface area contributed by atoms with Crippen molar-refractivity contribution in [3.8, 4) is 0 Å². The van der Waals surface area contributed by atoms with Crippen LogP contribution in [0.2, 0.25) is 0 Å². The highest BCUT2D eigenvalue weighted by molar-refractivity contribution is 5.24. The summed E-state index contributed by atoms with van der Waals surface area (Å²) in [6.07, 6.45) is -3.19. The Morgan fingerprint density at radius 3 is 1.52 bits per heavy atom. The van der Waals surface area contributed by atoms with Gasteiger partial charge in [0.2, 0.25) is 0 Å². The van der Waals surface area contributed by atoms with Gasteiger partial charge in [-0.1, -0.05) is 32.9 Å². The summed E-state index contributed by atoms with van der Waals surface area (Å²) in [6.45, 7) is 11.0. The molecule has 0 radical (unpaired) electrons. The number of benzene rings is 1. The highest BCUT2D eigenvalue weighted by atomic mass is 19.4. The van der Waals surface area contributed by atoms with Crippen LogP contribution in [0.3, 0.4) is 0 Å². The number of hydrogen-bond acceptors (Lipinski definition) is 2. The van der Waals surface area contributed by atoms with E-state index in [0.717, 1.165) is 18.6 Å². The Bertz CT molecular complexity index is 397. The van der Waals surface area contributed by atoms with E-state index in [-0.39, 0.29) is 12.1 Å². The lowest BCUT2D eigenvalue weighted by molar-refractivity contribution is -0.137. The van der Waals surface area contributed by atoms with Gasteiger partial charge in [-0.15, -0.1) is 0 Å². The maximum Gasteiger partial charge on any atom is 0.416 e. The predicted molar refractivity (Wildman–Crippen MR) is 81.7 cm³/mol. The van der Waals surface area contributed by atoms with Crippen LogP contribution in [0.1, 0.15) is 52.2 Å². The van der Waals surface area contributed by atoms with Crippen molar-refractivity contribution in [3.05, 3.63) is 35.4 Å². The zero-order chi connectivity index (χ0) is 16.9. The van der Waals surface area contributed by atoms with Crippen molar-refractivity contribution in [1.82, 2.24) is 0 Å². The summed E-state index contributed by atoms with van der Waals surface area (Å²) in [5.41, 5.74) is 11.5. The van der Waals surface area contributed by atoms with Gasteiger partial charge in [-0.05, 0) is 43.4 Å². The Morgan fingerprint density at radius 1 is 0.905 bits per heavy atom. The van der Waals surface area contributed by atoms with Gasteiger partial charge in [0.05, 0.1) is 5.56 Å². The molecule has 5 heteroatoms. The largest absolute Gasteiger partial charge is 0.416 e. The Hall–Kier alpha value is -1.07. The quantitative estimate of drug-likeness (QED) is 0.854. The number of hydrogen-bond donors (Lipinski definition) is 2. The molecule has 1 aromatic rings. The van der Waals surface area contributed by atoms with Gasteiger partial charge in [-0.25, -0.2) is 0 Å². The Morgan fingerprint density at radius 2 is 1.33 bits per heavy atom. The monoisotopic (exact) mass is 304 g/mol. The van der Waals surface area contributed by atoms with Crippen LogP contribution in [-0.4, -0.2) is 5.54 Å². The standard InChI is InChI=1S/C8H8F3N.C8H19N/c9-8(10,11)7-3-1-6(5-12)2-4-7;1-7(2,3)6-8(4,5)9/h1-4H,5,12H2;6,9H2,1-5H3. The fourth-order valence-corrected chi connectivity index (χ4v) is 2.20.